The molecule has 0 aliphatic heterocycles. The number of ether oxygens (including phenoxy) is 1. The molecule has 0 unspecified atom stereocenters. The first-order valence-corrected chi connectivity index (χ1v) is 4.31. The van der Waals surface area contributed by atoms with Gasteiger partial charge in [0.1, 0.15) is 5.58 Å². The standard InChI is InChI=1S/C11H10O3/c1-13-7-8-2-3-9-4-5-11(12)14-10(9)6-8/h2-6H,7H2,1H3. The second kappa shape index (κ2) is 3.64. The number of benzene rings is 1. The number of methoxy groups -OCH3 is 1. The van der Waals surface area contributed by atoms with Crippen molar-refractivity contribution in [2.24, 2.45) is 0 Å². The highest BCUT2D eigenvalue weighted by Gasteiger charge is 1.98. The Morgan fingerprint density at radius 2 is 2.07 bits per heavy atom. The Balaban J connectivity index is 2.58. The van der Waals surface area contributed by atoms with Crippen LogP contribution in [0.2, 0.25) is 0 Å². The molecule has 0 atom stereocenters. The lowest BCUT2D eigenvalue weighted by Crippen LogP contribution is -1.95. The van der Waals surface area contributed by atoms with Crippen LogP contribution in [0.3, 0.4) is 0 Å². The van der Waals surface area contributed by atoms with Gasteiger partial charge in [-0.1, -0.05) is 12.1 Å². The molecular weight excluding hydrogens is 180 g/mol. The van der Waals surface area contributed by atoms with E-state index in [0.717, 1.165) is 10.9 Å². The van der Waals surface area contributed by atoms with Crippen LogP contribution in [-0.2, 0) is 11.3 Å². The Labute approximate surface area is 80.9 Å². The fourth-order valence-corrected chi connectivity index (χ4v) is 1.36. The van der Waals surface area contributed by atoms with E-state index in [9.17, 15) is 4.79 Å². The number of hydrogen-bond donors (Lipinski definition) is 0. The second-order valence-corrected chi connectivity index (χ2v) is 3.06. The van der Waals surface area contributed by atoms with E-state index in [4.69, 9.17) is 9.15 Å². The summed E-state index contributed by atoms with van der Waals surface area (Å²) in [6.07, 6.45) is 0. The van der Waals surface area contributed by atoms with Gasteiger partial charge in [0.25, 0.3) is 0 Å². The average Bonchev–Trinajstić information content (AvgIpc) is 2.17. The minimum Gasteiger partial charge on any atom is -0.423 e. The van der Waals surface area contributed by atoms with Crippen LogP contribution < -0.4 is 5.63 Å². The zero-order valence-electron chi connectivity index (χ0n) is 7.82. The highest BCUT2D eigenvalue weighted by Crippen LogP contribution is 2.14. The lowest BCUT2D eigenvalue weighted by atomic mass is 10.1. The molecule has 2 rings (SSSR count). The molecule has 0 N–H and O–H groups in total. The SMILES string of the molecule is COCc1ccc2ccc(=O)oc2c1. The van der Waals surface area contributed by atoms with Gasteiger partial charge in [-0.05, 0) is 17.7 Å². The molecule has 1 aromatic carbocycles. The second-order valence-electron chi connectivity index (χ2n) is 3.06. The van der Waals surface area contributed by atoms with E-state index < -0.39 is 0 Å². The molecule has 0 aliphatic carbocycles. The fourth-order valence-electron chi connectivity index (χ4n) is 1.36. The van der Waals surface area contributed by atoms with E-state index in [1.807, 2.05) is 18.2 Å². The number of rotatable bonds is 2. The lowest BCUT2D eigenvalue weighted by Gasteiger charge is -2.00. The molecule has 0 amide bonds. The molecule has 0 aliphatic rings. The van der Waals surface area contributed by atoms with Gasteiger partial charge in [-0.15, -0.1) is 0 Å². The molecular formula is C11H10O3. The van der Waals surface area contributed by atoms with Crippen LogP contribution in [0.5, 0.6) is 0 Å². The van der Waals surface area contributed by atoms with Gasteiger partial charge >= 0.3 is 5.63 Å². The molecule has 3 heteroatoms. The first-order chi connectivity index (χ1) is 6.79. The summed E-state index contributed by atoms with van der Waals surface area (Å²) in [4.78, 5) is 11.0. The van der Waals surface area contributed by atoms with Crippen molar-refractivity contribution in [2.75, 3.05) is 7.11 Å². The van der Waals surface area contributed by atoms with E-state index in [-0.39, 0.29) is 5.63 Å². The van der Waals surface area contributed by atoms with E-state index in [1.54, 1.807) is 13.2 Å². The molecule has 0 saturated carbocycles. The number of fused-ring (bicyclic) bond motifs is 1. The third kappa shape index (κ3) is 1.67. The molecule has 2 aromatic rings. The summed E-state index contributed by atoms with van der Waals surface area (Å²) in [6, 6.07) is 8.84. The average molecular weight is 190 g/mol. The molecule has 0 saturated heterocycles. The Bertz CT molecular complexity index is 499. The summed E-state index contributed by atoms with van der Waals surface area (Å²) < 4.78 is 10.0. The van der Waals surface area contributed by atoms with Gasteiger partial charge in [0.05, 0.1) is 6.61 Å². The van der Waals surface area contributed by atoms with Gasteiger partial charge < -0.3 is 9.15 Å². The highest BCUT2D eigenvalue weighted by atomic mass is 16.5. The van der Waals surface area contributed by atoms with Crippen molar-refractivity contribution in [3.8, 4) is 0 Å². The van der Waals surface area contributed by atoms with Gasteiger partial charge in [0.15, 0.2) is 0 Å². The van der Waals surface area contributed by atoms with Crippen molar-refractivity contribution in [3.63, 3.8) is 0 Å². The van der Waals surface area contributed by atoms with Crippen LogP contribution in [-0.4, -0.2) is 7.11 Å². The Morgan fingerprint density at radius 3 is 2.86 bits per heavy atom. The van der Waals surface area contributed by atoms with Crippen molar-refractivity contribution in [3.05, 3.63) is 46.3 Å². The molecule has 3 nitrogen and oxygen atoms in total. The molecule has 0 fully saturated rings. The third-order valence-electron chi connectivity index (χ3n) is 2.00. The van der Waals surface area contributed by atoms with Crippen molar-refractivity contribution in [1.29, 1.82) is 0 Å². The van der Waals surface area contributed by atoms with E-state index in [1.165, 1.54) is 6.07 Å². The maximum atomic E-state index is 11.0. The third-order valence-corrected chi connectivity index (χ3v) is 2.00. The Hall–Kier alpha value is -1.61. The van der Waals surface area contributed by atoms with Crippen LogP contribution in [0.25, 0.3) is 11.0 Å². The van der Waals surface area contributed by atoms with Gasteiger partial charge in [0, 0.05) is 18.6 Å². The predicted molar refractivity (Wildman–Crippen MR) is 53.2 cm³/mol. The molecule has 0 bridgehead atoms. The summed E-state index contributed by atoms with van der Waals surface area (Å²) >= 11 is 0. The van der Waals surface area contributed by atoms with Gasteiger partial charge in [-0.3, -0.25) is 0 Å². The Morgan fingerprint density at radius 1 is 1.29 bits per heavy atom. The predicted octanol–water partition coefficient (Wildman–Crippen LogP) is 1.94. The molecule has 72 valence electrons. The maximum Gasteiger partial charge on any atom is 0.336 e. The summed E-state index contributed by atoms with van der Waals surface area (Å²) in [6.45, 7) is 0.522. The highest BCUT2D eigenvalue weighted by molar-refractivity contribution is 5.76. The molecule has 1 aromatic heterocycles. The van der Waals surface area contributed by atoms with Gasteiger partial charge in [-0.2, -0.15) is 0 Å². The minimum atomic E-state index is -0.327. The van der Waals surface area contributed by atoms with E-state index >= 15 is 0 Å². The first kappa shape index (κ1) is 8.97. The largest absolute Gasteiger partial charge is 0.423 e. The lowest BCUT2D eigenvalue weighted by molar-refractivity contribution is 0.185. The van der Waals surface area contributed by atoms with Crippen molar-refractivity contribution in [2.45, 2.75) is 6.61 Å². The zero-order valence-corrected chi connectivity index (χ0v) is 7.82. The maximum absolute atomic E-state index is 11.0. The molecule has 14 heavy (non-hydrogen) atoms. The fraction of sp³-hybridized carbons (Fsp3) is 0.182. The molecule has 1 heterocycles. The van der Waals surface area contributed by atoms with Gasteiger partial charge in [-0.25, -0.2) is 4.79 Å². The first-order valence-electron chi connectivity index (χ1n) is 4.31. The van der Waals surface area contributed by atoms with Crippen LogP contribution >= 0.6 is 0 Å². The topological polar surface area (TPSA) is 39.4 Å². The summed E-state index contributed by atoms with van der Waals surface area (Å²) in [5, 5.41) is 0.921. The van der Waals surface area contributed by atoms with Crippen LogP contribution in [0.15, 0.2) is 39.5 Å². The summed E-state index contributed by atoms with van der Waals surface area (Å²) in [5.41, 5.74) is 1.27. The number of hydrogen-bond acceptors (Lipinski definition) is 3. The quantitative estimate of drug-likeness (QED) is 0.679. The summed E-state index contributed by atoms with van der Waals surface area (Å²) in [5.74, 6) is 0. The van der Waals surface area contributed by atoms with Gasteiger partial charge in [0.2, 0.25) is 0 Å². The summed E-state index contributed by atoms with van der Waals surface area (Å²) in [7, 11) is 1.63. The van der Waals surface area contributed by atoms with Crippen LogP contribution in [0.4, 0.5) is 0 Å². The Kier molecular flexibility index (Phi) is 2.33. The van der Waals surface area contributed by atoms with Crippen LogP contribution in [0, 0.1) is 0 Å². The zero-order chi connectivity index (χ0) is 9.97. The normalized spacial score (nSPS) is 10.6. The van der Waals surface area contributed by atoms with E-state index in [0.29, 0.717) is 12.2 Å². The molecule has 0 radical (unpaired) electrons. The van der Waals surface area contributed by atoms with Crippen LogP contribution in [0.1, 0.15) is 5.56 Å². The van der Waals surface area contributed by atoms with Crippen molar-refractivity contribution in [1.82, 2.24) is 0 Å². The van der Waals surface area contributed by atoms with Crippen molar-refractivity contribution < 1.29 is 9.15 Å². The minimum absolute atomic E-state index is 0.327. The van der Waals surface area contributed by atoms with E-state index in [2.05, 4.69) is 0 Å². The smallest absolute Gasteiger partial charge is 0.336 e. The monoisotopic (exact) mass is 190 g/mol. The molecule has 0 spiro atoms. The van der Waals surface area contributed by atoms with Crippen molar-refractivity contribution >= 4 is 11.0 Å².